The first kappa shape index (κ1) is 14.6. The lowest BCUT2D eigenvalue weighted by Crippen LogP contribution is -2.29. The third-order valence-corrected chi connectivity index (χ3v) is 3.80. The number of aromatic nitrogens is 2. The van der Waals surface area contributed by atoms with Gasteiger partial charge in [-0.3, -0.25) is 4.79 Å². The van der Waals surface area contributed by atoms with Crippen LogP contribution in [0.25, 0.3) is 11.0 Å². The smallest absolute Gasteiger partial charge is 0.240 e. The van der Waals surface area contributed by atoms with Gasteiger partial charge in [-0.15, -0.1) is 0 Å². The van der Waals surface area contributed by atoms with Crippen molar-refractivity contribution in [3.05, 3.63) is 65.4 Å². The minimum atomic E-state index is -0.0963. The summed E-state index contributed by atoms with van der Waals surface area (Å²) in [5.74, 6) is -0.0596. The number of nitrogens with one attached hydrogen (secondary N) is 1. The van der Waals surface area contributed by atoms with E-state index in [4.69, 9.17) is 11.6 Å². The molecule has 0 fully saturated rings. The third-order valence-electron chi connectivity index (χ3n) is 3.57. The lowest BCUT2D eigenvalue weighted by atomic mass is 10.1. The van der Waals surface area contributed by atoms with Gasteiger partial charge in [0.1, 0.15) is 6.54 Å². The second kappa shape index (κ2) is 6.20. The van der Waals surface area contributed by atoms with Crippen LogP contribution in [-0.2, 0) is 11.3 Å². The molecule has 22 heavy (non-hydrogen) atoms. The summed E-state index contributed by atoms with van der Waals surface area (Å²) in [6.07, 6.45) is 1.69. The molecule has 1 atom stereocenters. The van der Waals surface area contributed by atoms with Gasteiger partial charge >= 0.3 is 0 Å². The SMILES string of the molecule is CC(NC(=O)Cn1cnc2ccccc21)c1cccc(Cl)c1. The molecular weight excluding hydrogens is 298 g/mol. The van der Waals surface area contributed by atoms with Gasteiger partial charge in [-0.25, -0.2) is 4.98 Å². The van der Waals surface area contributed by atoms with Crippen LogP contribution in [-0.4, -0.2) is 15.5 Å². The van der Waals surface area contributed by atoms with Crippen LogP contribution in [0.4, 0.5) is 0 Å². The van der Waals surface area contributed by atoms with E-state index in [9.17, 15) is 4.79 Å². The molecule has 0 radical (unpaired) electrons. The van der Waals surface area contributed by atoms with Gasteiger partial charge in [0, 0.05) is 5.02 Å². The van der Waals surface area contributed by atoms with E-state index in [1.807, 2.05) is 60.0 Å². The number of hydrogen-bond donors (Lipinski definition) is 1. The number of hydrogen-bond acceptors (Lipinski definition) is 2. The van der Waals surface area contributed by atoms with Gasteiger partial charge in [-0.05, 0) is 36.8 Å². The van der Waals surface area contributed by atoms with E-state index in [0.29, 0.717) is 5.02 Å². The maximum Gasteiger partial charge on any atom is 0.240 e. The van der Waals surface area contributed by atoms with Gasteiger partial charge in [0.2, 0.25) is 5.91 Å². The molecule has 4 nitrogen and oxygen atoms in total. The number of carbonyl (C=O) groups excluding carboxylic acids is 1. The first-order valence-corrected chi connectivity index (χ1v) is 7.46. The second-order valence-electron chi connectivity index (χ2n) is 5.21. The number of imidazole rings is 1. The number of nitrogens with zero attached hydrogens (tertiary/aromatic N) is 2. The number of rotatable bonds is 4. The van der Waals surface area contributed by atoms with Crippen molar-refractivity contribution in [3.8, 4) is 0 Å². The van der Waals surface area contributed by atoms with Crippen molar-refractivity contribution < 1.29 is 4.79 Å². The number of halogens is 1. The van der Waals surface area contributed by atoms with E-state index in [1.165, 1.54) is 0 Å². The Kier molecular flexibility index (Phi) is 4.11. The highest BCUT2D eigenvalue weighted by Crippen LogP contribution is 2.17. The Balaban J connectivity index is 1.70. The molecule has 1 amide bonds. The fourth-order valence-corrected chi connectivity index (χ4v) is 2.64. The minimum absolute atomic E-state index is 0.0596. The molecule has 0 saturated carbocycles. The van der Waals surface area contributed by atoms with Gasteiger partial charge in [-0.2, -0.15) is 0 Å². The Morgan fingerprint density at radius 2 is 2.09 bits per heavy atom. The summed E-state index contributed by atoms with van der Waals surface area (Å²) in [5.41, 5.74) is 2.82. The zero-order valence-corrected chi connectivity index (χ0v) is 12.9. The Bertz CT molecular complexity index is 812. The zero-order chi connectivity index (χ0) is 15.5. The summed E-state index contributed by atoms with van der Waals surface area (Å²) in [6.45, 7) is 2.18. The average molecular weight is 314 g/mol. The Morgan fingerprint density at radius 3 is 2.91 bits per heavy atom. The first-order chi connectivity index (χ1) is 10.6. The predicted molar refractivity (Wildman–Crippen MR) is 87.7 cm³/mol. The zero-order valence-electron chi connectivity index (χ0n) is 12.2. The molecule has 1 heterocycles. The molecule has 2 aromatic carbocycles. The van der Waals surface area contributed by atoms with Crippen molar-refractivity contribution in [3.63, 3.8) is 0 Å². The Hall–Kier alpha value is -2.33. The topological polar surface area (TPSA) is 46.9 Å². The fourth-order valence-electron chi connectivity index (χ4n) is 2.44. The maximum atomic E-state index is 12.2. The first-order valence-electron chi connectivity index (χ1n) is 7.08. The van der Waals surface area contributed by atoms with Crippen molar-refractivity contribution in [1.29, 1.82) is 0 Å². The maximum absolute atomic E-state index is 12.2. The minimum Gasteiger partial charge on any atom is -0.348 e. The van der Waals surface area contributed by atoms with Gasteiger partial charge in [0.15, 0.2) is 0 Å². The van der Waals surface area contributed by atoms with E-state index < -0.39 is 0 Å². The number of benzene rings is 2. The normalized spacial score (nSPS) is 12.3. The van der Waals surface area contributed by atoms with Gasteiger partial charge in [0.05, 0.1) is 23.4 Å². The van der Waals surface area contributed by atoms with Crippen molar-refractivity contribution in [1.82, 2.24) is 14.9 Å². The molecule has 0 aliphatic heterocycles. The van der Waals surface area contributed by atoms with Gasteiger partial charge < -0.3 is 9.88 Å². The molecule has 0 bridgehead atoms. The van der Waals surface area contributed by atoms with E-state index in [-0.39, 0.29) is 18.5 Å². The average Bonchev–Trinajstić information content (AvgIpc) is 2.90. The van der Waals surface area contributed by atoms with Crippen LogP contribution in [0.15, 0.2) is 54.9 Å². The number of para-hydroxylation sites is 2. The summed E-state index contributed by atoms with van der Waals surface area (Å²) in [4.78, 5) is 16.5. The van der Waals surface area contributed by atoms with Crippen molar-refractivity contribution >= 4 is 28.5 Å². The van der Waals surface area contributed by atoms with Crippen LogP contribution in [0.3, 0.4) is 0 Å². The molecule has 112 valence electrons. The summed E-state index contributed by atoms with van der Waals surface area (Å²) in [6, 6.07) is 15.2. The van der Waals surface area contributed by atoms with Crippen LogP contribution in [0.2, 0.25) is 5.02 Å². The molecule has 1 unspecified atom stereocenters. The molecule has 0 aliphatic carbocycles. The third kappa shape index (κ3) is 3.12. The Labute approximate surface area is 133 Å². The summed E-state index contributed by atoms with van der Waals surface area (Å²) >= 11 is 5.98. The lowest BCUT2D eigenvalue weighted by Gasteiger charge is -2.15. The molecule has 1 aromatic heterocycles. The van der Waals surface area contributed by atoms with Gasteiger partial charge in [-0.1, -0.05) is 35.9 Å². The molecule has 1 N–H and O–H groups in total. The lowest BCUT2D eigenvalue weighted by molar-refractivity contribution is -0.122. The monoisotopic (exact) mass is 313 g/mol. The highest BCUT2D eigenvalue weighted by atomic mass is 35.5. The molecule has 3 rings (SSSR count). The molecule has 0 saturated heterocycles. The summed E-state index contributed by atoms with van der Waals surface area (Å²) in [7, 11) is 0. The summed E-state index contributed by atoms with van der Waals surface area (Å²) in [5, 5.41) is 3.65. The molecule has 0 aliphatic rings. The molecular formula is C17H16ClN3O. The number of carbonyl (C=O) groups is 1. The van der Waals surface area contributed by atoms with Gasteiger partial charge in [0.25, 0.3) is 0 Å². The number of amides is 1. The Morgan fingerprint density at radius 1 is 1.27 bits per heavy atom. The van der Waals surface area contributed by atoms with Crippen LogP contribution >= 0.6 is 11.6 Å². The van der Waals surface area contributed by atoms with E-state index >= 15 is 0 Å². The van der Waals surface area contributed by atoms with Crippen LogP contribution < -0.4 is 5.32 Å². The standard InChI is InChI=1S/C17H16ClN3O/c1-12(13-5-4-6-14(18)9-13)20-17(22)10-21-11-19-15-7-2-3-8-16(15)21/h2-9,11-12H,10H2,1H3,(H,20,22). The van der Waals surface area contributed by atoms with Crippen molar-refractivity contribution in [2.45, 2.75) is 19.5 Å². The second-order valence-corrected chi connectivity index (χ2v) is 5.64. The highest BCUT2D eigenvalue weighted by molar-refractivity contribution is 6.30. The van der Waals surface area contributed by atoms with E-state index in [2.05, 4.69) is 10.3 Å². The van der Waals surface area contributed by atoms with E-state index in [1.54, 1.807) is 6.33 Å². The van der Waals surface area contributed by atoms with E-state index in [0.717, 1.165) is 16.6 Å². The summed E-state index contributed by atoms with van der Waals surface area (Å²) < 4.78 is 1.84. The molecule has 5 heteroatoms. The highest BCUT2D eigenvalue weighted by Gasteiger charge is 2.11. The quantitative estimate of drug-likeness (QED) is 0.800. The van der Waals surface area contributed by atoms with Crippen molar-refractivity contribution in [2.24, 2.45) is 0 Å². The van der Waals surface area contributed by atoms with Crippen LogP contribution in [0.1, 0.15) is 18.5 Å². The fraction of sp³-hybridized carbons (Fsp3) is 0.176. The predicted octanol–water partition coefficient (Wildman–Crippen LogP) is 3.57. The van der Waals surface area contributed by atoms with Crippen LogP contribution in [0, 0.1) is 0 Å². The van der Waals surface area contributed by atoms with Crippen LogP contribution in [0.5, 0.6) is 0 Å². The molecule has 3 aromatic rings. The number of fused-ring (bicyclic) bond motifs is 1. The largest absolute Gasteiger partial charge is 0.348 e. The molecule has 0 spiro atoms. The van der Waals surface area contributed by atoms with Crippen molar-refractivity contribution in [2.75, 3.05) is 0 Å².